The molecule has 0 unspecified atom stereocenters. The van der Waals surface area contributed by atoms with Crippen LogP contribution in [0, 0.1) is 12.3 Å². The average Bonchev–Trinajstić information content (AvgIpc) is 2.82. The first-order chi connectivity index (χ1) is 16.7. The Morgan fingerprint density at radius 2 is 1.83 bits per heavy atom. The monoisotopic (exact) mass is 540 g/mol. The van der Waals surface area contributed by atoms with E-state index in [1.165, 1.54) is 7.11 Å². The van der Waals surface area contributed by atoms with Crippen LogP contribution in [0.4, 0.5) is 11.4 Å². The highest BCUT2D eigenvalue weighted by atomic mass is 79.9. The number of carbonyl (C=O) groups excluding carboxylic acids is 1. The van der Waals surface area contributed by atoms with E-state index in [1.54, 1.807) is 48.5 Å². The summed E-state index contributed by atoms with van der Waals surface area (Å²) in [7, 11) is 1.47. The molecule has 3 aromatic rings. The number of hydrogen-bond acceptors (Lipinski definition) is 6. The minimum atomic E-state index is -1.11. The second kappa shape index (κ2) is 11.4. The van der Waals surface area contributed by atoms with E-state index < -0.39 is 12.6 Å². The van der Waals surface area contributed by atoms with Crippen molar-refractivity contribution in [1.29, 1.82) is 5.41 Å². The number of nitrogen functional groups attached to an aromatic ring is 1. The van der Waals surface area contributed by atoms with Gasteiger partial charge >= 0.3 is 5.97 Å². The molecule has 0 heterocycles. The van der Waals surface area contributed by atoms with Gasteiger partial charge in [-0.05, 0) is 55.5 Å². The van der Waals surface area contributed by atoms with Gasteiger partial charge in [0.2, 0.25) is 0 Å². The van der Waals surface area contributed by atoms with Crippen LogP contribution in [0.3, 0.4) is 0 Å². The van der Waals surface area contributed by atoms with Gasteiger partial charge in [0.15, 0.2) is 18.1 Å². The Labute approximate surface area is 210 Å². The molecule has 6 N–H and O–H groups in total. The summed E-state index contributed by atoms with van der Waals surface area (Å²) in [5, 5.41) is 22.6. The number of aliphatic carboxylic acids is 1. The zero-order valence-corrected chi connectivity index (χ0v) is 20.7. The molecule has 0 saturated carbocycles. The Balaban J connectivity index is 1.85. The number of nitrogens with one attached hydrogen (secondary N) is 3. The largest absolute Gasteiger partial charge is 0.493 e. The molecule has 1 amide bonds. The molecular formula is C25H25BrN4O5. The van der Waals surface area contributed by atoms with Crippen molar-refractivity contribution in [2.45, 2.75) is 13.5 Å². The molecule has 0 fully saturated rings. The van der Waals surface area contributed by atoms with E-state index in [0.29, 0.717) is 44.0 Å². The number of carboxylic acid groups (broad SMARTS) is 1. The smallest absolute Gasteiger partial charge is 0.341 e. The molecule has 0 saturated heterocycles. The van der Waals surface area contributed by atoms with E-state index in [-0.39, 0.29) is 18.3 Å². The van der Waals surface area contributed by atoms with E-state index >= 15 is 0 Å². The molecule has 0 aromatic heterocycles. The fraction of sp³-hybridized carbons (Fsp3) is 0.160. The lowest BCUT2D eigenvalue weighted by atomic mass is 10.1. The molecule has 0 aliphatic rings. The molecule has 182 valence electrons. The second-order valence-electron chi connectivity index (χ2n) is 7.59. The van der Waals surface area contributed by atoms with Gasteiger partial charge in [-0.3, -0.25) is 10.2 Å². The van der Waals surface area contributed by atoms with Gasteiger partial charge < -0.3 is 30.9 Å². The van der Waals surface area contributed by atoms with Crippen molar-refractivity contribution >= 4 is 45.0 Å². The van der Waals surface area contributed by atoms with Gasteiger partial charge in [0, 0.05) is 33.5 Å². The molecule has 0 bridgehead atoms. The van der Waals surface area contributed by atoms with Crippen molar-refractivity contribution < 1.29 is 24.2 Å². The van der Waals surface area contributed by atoms with Gasteiger partial charge in [-0.15, -0.1) is 0 Å². The first-order valence-corrected chi connectivity index (χ1v) is 11.3. The van der Waals surface area contributed by atoms with Crippen LogP contribution in [0.1, 0.15) is 27.0 Å². The Bertz CT molecular complexity index is 1260. The van der Waals surface area contributed by atoms with Gasteiger partial charge in [-0.2, -0.15) is 0 Å². The van der Waals surface area contributed by atoms with Crippen LogP contribution in [-0.4, -0.2) is 36.5 Å². The van der Waals surface area contributed by atoms with Crippen LogP contribution in [0.5, 0.6) is 11.5 Å². The Morgan fingerprint density at radius 3 is 2.46 bits per heavy atom. The predicted molar refractivity (Wildman–Crippen MR) is 138 cm³/mol. The van der Waals surface area contributed by atoms with Gasteiger partial charge in [0.1, 0.15) is 5.84 Å². The first kappa shape index (κ1) is 25.6. The van der Waals surface area contributed by atoms with E-state index in [9.17, 15) is 9.59 Å². The van der Waals surface area contributed by atoms with Crippen LogP contribution < -0.4 is 25.8 Å². The number of amides is 1. The number of aryl methyl sites for hydroxylation is 1. The Hall–Kier alpha value is -4.05. The van der Waals surface area contributed by atoms with Gasteiger partial charge in [0.05, 0.1) is 12.7 Å². The van der Waals surface area contributed by atoms with Crippen molar-refractivity contribution in [3.8, 4) is 11.5 Å². The summed E-state index contributed by atoms with van der Waals surface area (Å²) in [4.78, 5) is 24.1. The van der Waals surface area contributed by atoms with E-state index in [1.807, 2.05) is 13.0 Å². The number of anilines is 2. The lowest BCUT2D eigenvalue weighted by Crippen LogP contribution is -2.16. The van der Waals surface area contributed by atoms with Crippen LogP contribution in [0.25, 0.3) is 0 Å². The molecule has 3 rings (SSSR count). The van der Waals surface area contributed by atoms with E-state index in [0.717, 1.165) is 5.56 Å². The molecule has 3 aromatic carbocycles. The zero-order valence-electron chi connectivity index (χ0n) is 19.1. The third-order valence-corrected chi connectivity index (χ3v) is 5.80. The highest BCUT2D eigenvalue weighted by molar-refractivity contribution is 9.10. The minimum Gasteiger partial charge on any atom is -0.493 e. The average molecular weight is 541 g/mol. The van der Waals surface area contributed by atoms with Gasteiger partial charge in [0.25, 0.3) is 5.91 Å². The number of benzene rings is 3. The van der Waals surface area contributed by atoms with Crippen molar-refractivity contribution in [2.24, 2.45) is 5.73 Å². The van der Waals surface area contributed by atoms with E-state index in [2.05, 4.69) is 26.6 Å². The third kappa shape index (κ3) is 6.51. The van der Waals surface area contributed by atoms with Gasteiger partial charge in [-0.25, -0.2) is 4.79 Å². The van der Waals surface area contributed by atoms with Crippen molar-refractivity contribution in [3.05, 3.63) is 81.3 Å². The molecular weight excluding hydrogens is 516 g/mol. The number of ether oxygens (including phenoxy) is 2. The fourth-order valence-corrected chi connectivity index (χ4v) is 3.77. The van der Waals surface area contributed by atoms with Gasteiger partial charge in [-0.1, -0.05) is 27.6 Å². The number of methoxy groups -OCH3 is 1. The maximum atomic E-state index is 13.1. The summed E-state index contributed by atoms with van der Waals surface area (Å²) >= 11 is 3.48. The lowest BCUT2D eigenvalue weighted by Gasteiger charge is -2.18. The fourth-order valence-electron chi connectivity index (χ4n) is 3.32. The van der Waals surface area contributed by atoms with Crippen LogP contribution in [-0.2, 0) is 11.3 Å². The highest BCUT2D eigenvalue weighted by Crippen LogP contribution is 2.37. The van der Waals surface area contributed by atoms with Crippen molar-refractivity contribution in [2.75, 3.05) is 24.4 Å². The molecule has 35 heavy (non-hydrogen) atoms. The van der Waals surface area contributed by atoms with E-state index in [4.69, 9.17) is 25.7 Å². The van der Waals surface area contributed by atoms with Crippen molar-refractivity contribution in [1.82, 2.24) is 0 Å². The van der Waals surface area contributed by atoms with Crippen molar-refractivity contribution in [3.63, 3.8) is 0 Å². The number of carbonyl (C=O) groups is 2. The molecule has 0 atom stereocenters. The molecule has 0 radical (unpaired) electrons. The maximum absolute atomic E-state index is 13.1. The standard InChI is InChI=1S/C25H25BrN4O5/c1-14-3-9-20(17(11-14)25(33)30-16-6-4-15(5-7-16)24(27)28)29-12-18-19(26)8-10-21(34-2)23(18)35-13-22(31)32/h3-11,29H,12-13H2,1-2H3,(H3,27,28)(H,30,33)(H,31,32). The maximum Gasteiger partial charge on any atom is 0.341 e. The summed E-state index contributed by atoms with van der Waals surface area (Å²) in [6, 6.07) is 15.6. The number of rotatable bonds is 10. The number of nitrogens with two attached hydrogens (primary N) is 1. The number of amidine groups is 1. The summed E-state index contributed by atoms with van der Waals surface area (Å²) < 4.78 is 11.5. The quantitative estimate of drug-likeness (QED) is 0.189. The highest BCUT2D eigenvalue weighted by Gasteiger charge is 2.18. The molecule has 0 spiro atoms. The van der Waals surface area contributed by atoms with Crippen LogP contribution in [0.15, 0.2) is 59.1 Å². The summed E-state index contributed by atoms with van der Waals surface area (Å²) in [5.74, 6) is -0.801. The summed E-state index contributed by atoms with van der Waals surface area (Å²) in [5.41, 5.74) is 9.15. The Morgan fingerprint density at radius 1 is 1.11 bits per heavy atom. The normalized spacial score (nSPS) is 10.4. The molecule has 0 aliphatic heterocycles. The summed E-state index contributed by atoms with van der Waals surface area (Å²) in [6.07, 6.45) is 0. The second-order valence-corrected chi connectivity index (χ2v) is 8.44. The first-order valence-electron chi connectivity index (χ1n) is 10.5. The van der Waals surface area contributed by atoms with Crippen LogP contribution >= 0.6 is 15.9 Å². The third-order valence-electron chi connectivity index (χ3n) is 5.06. The number of hydrogen-bond donors (Lipinski definition) is 5. The predicted octanol–water partition coefficient (Wildman–Crippen LogP) is 4.38. The molecule has 10 heteroatoms. The molecule has 0 aliphatic carbocycles. The SMILES string of the molecule is COc1ccc(Br)c(CNc2ccc(C)cc2C(=O)Nc2ccc(C(=N)N)cc2)c1OCC(=O)O. The van der Waals surface area contributed by atoms with Crippen LogP contribution in [0.2, 0.25) is 0 Å². The zero-order chi connectivity index (χ0) is 25.5. The Kier molecular flexibility index (Phi) is 8.32. The number of carboxylic acids is 1. The lowest BCUT2D eigenvalue weighted by molar-refractivity contribution is -0.139. The topological polar surface area (TPSA) is 147 Å². The minimum absolute atomic E-state index is 0.0524. The number of halogens is 1. The summed E-state index contributed by atoms with van der Waals surface area (Å²) in [6.45, 7) is 1.59. The molecule has 9 nitrogen and oxygen atoms in total.